The number of aromatic nitrogens is 1. The smallest absolute Gasteiger partial charge is 0.322 e. The molecule has 33 heavy (non-hydrogen) atoms. The molecule has 1 N–H and O–H groups in total. The molecule has 1 unspecified atom stereocenters. The van der Waals surface area contributed by atoms with Crippen molar-refractivity contribution in [3.63, 3.8) is 0 Å². The number of likely N-dealkylation sites (tertiary alicyclic amines) is 1. The van der Waals surface area contributed by atoms with Crippen molar-refractivity contribution in [2.75, 3.05) is 26.2 Å². The largest absolute Gasteiger partial charge is 0.325 e. The van der Waals surface area contributed by atoms with E-state index in [1.807, 2.05) is 36.4 Å². The van der Waals surface area contributed by atoms with E-state index in [0.717, 1.165) is 43.7 Å². The maximum Gasteiger partial charge on any atom is 0.325 e. The zero-order valence-electron chi connectivity index (χ0n) is 19.9. The zero-order chi connectivity index (χ0) is 23.3. The van der Waals surface area contributed by atoms with E-state index in [1.165, 1.54) is 11.3 Å². The quantitative estimate of drug-likeness (QED) is 0.591. The van der Waals surface area contributed by atoms with Gasteiger partial charge in [0.15, 0.2) is 0 Å². The average molecular weight is 449 g/mol. The minimum absolute atomic E-state index is 0.0760. The molecule has 2 aromatic rings. The molecule has 2 aliphatic rings. The Morgan fingerprint density at radius 1 is 1.03 bits per heavy atom. The van der Waals surface area contributed by atoms with Crippen LogP contribution in [0.5, 0.6) is 0 Å². The second kappa shape index (κ2) is 10.5. The van der Waals surface area contributed by atoms with Crippen molar-refractivity contribution in [1.29, 1.82) is 0 Å². The molecular weight excluding hydrogens is 412 g/mol. The molecule has 2 saturated heterocycles. The summed E-state index contributed by atoms with van der Waals surface area (Å²) in [6.45, 7) is 7.93. The molecule has 2 fully saturated rings. The summed E-state index contributed by atoms with van der Waals surface area (Å²) >= 11 is 0. The van der Waals surface area contributed by atoms with Crippen LogP contribution in [0.3, 0.4) is 0 Å². The number of rotatable bonds is 9. The first-order valence-electron chi connectivity index (χ1n) is 12.3. The number of nitrogens with one attached hydrogen (secondary N) is 1. The second-order valence-electron chi connectivity index (χ2n) is 9.89. The summed E-state index contributed by atoms with van der Waals surface area (Å²) in [4.78, 5) is 35.2. The number of hydrogen-bond donors (Lipinski definition) is 1. The normalized spacial score (nSPS) is 22.2. The molecule has 3 amide bonds. The van der Waals surface area contributed by atoms with E-state index in [0.29, 0.717) is 25.3 Å². The van der Waals surface area contributed by atoms with Crippen LogP contribution in [0, 0.1) is 11.8 Å². The van der Waals surface area contributed by atoms with Crippen LogP contribution in [0.25, 0.3) is 0 Å². The van der Waals surface area contributed by atoms with Gasteiger partial charge in [-0.3, -0.25) is 14.7 Å². The highest BCUT2D eigenvalue weighted by molar-refractivity contribution is 6.07. The summed E-state index contributed by atoms with van der Waals surface area (Å²) in [5, 5.41) is 3.19. The lowest BCUT2D eigenvalue weighted by Crippen LogP contribution is -2.57. The summed E-state index contributed by atoms with van der Waals surface area (Å²) in [6, 6.07) is 15.5. The number of carbonyl (C=O) groups excluding carboxylic acids is 2. The molecule has 176 valence electrons. The summed E-state index contributed by atoms with van der Waals surface area (Å²) in [5.41, 5.74) is 1.10. The van der Waals surface area contributed by atoms with Gasteiger partial charge in [0, 0.05) is 31.3 Å². The lowest BCUT2D eigenvalue weighted by atomic mass is 9.74. The Hall–Kier alpha value is -2.73. The number of nitrogens with zero attached hydrogens (tertiary/aromatic N) is 3. The number of benzene rings is 1. The molecule has 6 heteroatoms. The summed E-state index contributed by atoms with van der Waals surface area (Å²) < 4.78 is 0. The lowest BCUT2D eigenvalue weighted by molar-refractivity contribution is -0.134. The number of piperidine rings is 1. The predicted molar refractivity (Wildman–Crippen MR) is 130 cm³/mol. The fraction of sp³-hybridized carbons (Fsp3) is 0.519. The maximum absolute atomic E-state index is 13.9. The van der Waals surface area contributed by atoms with Crippen molar-refractivity contribution in [2.45, 2.75) is 51.5 Å². The molecule has 2 aliphatic heterocycles. The highest BCUT2D eigenvalue weighted by Gasteiger charge is 2.55. The van der Waals surface area contributed by atoms with Gasteiger partial charge in [-0.15, -0.1) is 0 Å². The number of carbonyl (C=O) groups is 2. The van der Waals surface area contributed by atoms with Crippen LogP contribution in [-0.2, 0) is 17.6 Å². The van der Waals surface area contributed by atoms with Crippen molar-refractivity contribution in [3.8, 4) is 0 Å². The Bertz CT molecular complexity index is 926. The maximum atomic E-state index is 13.9. The lowest BCUT2D eigenvalue weighted by Gasteiger charge is -2.41. The average Bonchev–Trinajstić information content (AvgIpc) is 3.07. The second-order valence-corrected chi connectivity index (χ2v) is 9.89. The Morgan fingerprint density at radius 3 is 2.42 bits per heavy atom. The standard InChI is InChI=1S/C27H36N4O2/c1-21(2)11-16-30-17-12-23(13-18-30)27(20-22-8-4-3-5-9-22)25(32)31(26(33)29-27)19-14-24-10-6-7-15-28-24/h3-10,15,21,23H,11-14,16-20H2,1-2H3,(H,29,33). The number of imide groups is 1. The Kier molecular flexibility index (Phi) is 7.43. The molecule has 6 nitrogen and oxygen atoms in total. The van der Waals surface area contributed by atoms with Crippen molar-refractivity contribution >= 4 is 11.9 Å². The molecule has 0 aliphatic carbocycles. The van der Waals surface area contributed by atoms with Crippen LogP contribution in [0.2, 0.25) is 0 Å². The van der Waals surface area contributed by atoms with Crippen LogP contribution in [-0.4, -0.2) is 58.4 Å². The minimum atomic E-state index is -0.868. The van der Waals surface area contributed by atoms with E-state index in [4.69, 9.17) is 0 Å². The van der Waals surface area contributed by atoms with E-state index < -0.39 is 5.54 Å². The van der Waals surface area contributed by atoms with Crippen molar-refractivity contribution in [3.05, 3.63) is 66.0 Å². The first-order valence-corrected chi connectivity index (χ1v) is 12.3. The molecule has 0 saturated carbocycles. The topological polar surface area (TPSA) is 65.5 Å². The van der Waals surface area contributed by atoms with Crippen LogP contribution in [0.15, 0.2) is 54.7 Å². The third-order valence-corrected chi connectivity index (χ3v) is 7.15. The summed E-state index contributed by atoms with van der Waals surface area (Å²) in [7, 11) is 0. The van der Waals surface area contributed by atoms with Gasteiger partial charge in [-0.1, -0.05) is 50.2 Å². The SMILES string of the molecule is CC(C)CCN1CCC(C2(Cc3ccccc3)NC(=O)N(CCc3ccccn3)C2=O)CC1. The van der Waals surface area contributed by atoms with E-state index >= 15 is 0 Å². The first kappa shape index (κ1) is 23.4. The molecule has 1 atom stereocenters. The number of hydrogen-bond acceptors (Lipinski definition) is 4. The zero-order valence-corrected chi connectivity index (χ0v) is 19.9. The van der Waals surface area contributed by atoms with Crippen LogP contribution < -0.4 is 5.32 Å². The first-order chi connectivity index (χ1) is 16.0. The highest BCUT2D eigenvalue weighted by Crippen LogP contribution is 2.36. The molecule has 0 bridgehead atoms. The monoisotopic (exact) mass is 448 g/mol. The third-order valence-electron chi connectivity index (χ3n) is 7.15. The van der Waals surface area contributed by atoms with Crippen LogP contribution in [0.4, 0.5) is 4.79 Å². The molecular formula is C27H36N4O2. The van der Waals surface area contributed by atoms with Gasteiger partial charge < -0.3 is 10.2 Å². The van der Waals surface area contributed by atoms with Gasteiger partial charge in [0.05, 0.1) is 0 Å². The van der Waals surface area contributed by atoms with E-state index in [9.17, 15) is 9.59 Å². The molecule has 0 spiro atoms. The fourth-order valence-electron chi connectivity index (χ4n) is 5.17. The number of amides is 3. The van der Waals surface area contributed by atoms with Crippen LogP contribution in [0.1, 0.15) is 44.4 Å². The van der Waals surface area contributed by atoms with Gasteiger partial charge in [0.1, 0.15) is 5.54 Å². The molecule has 3 heterocycles. The molecule has 1 aromatic carbocycles. The van der Waals surface area contributed by atoms with Crippen molar-refractivity contribution < 1.29 is 9.59 Å². The van der Waals surface area contributed by atoms with E-state index in [1.54, 1.807) is 6.20 Å². The van der Waals surface area contributed by atoms with Gasteiger partial charge in [-0.25, -0.2) is 4.79 Å². The van der Waals surface area contributed by atoms with Gasteiger partial charge in [-0.2, -0.15) is 0 Å². The Labute approximate surface area is 197 Å². The molecule has 0 radical (unpaired) electrons. The van der Waals surface area contributed by atoms with Gasteiger partial charge >= 0.3 is 6.03 Å². The number of urea groups is 1. The van der Waals surface area contributed by atoms with Crippen molar-refractivity contribution in [1.82, 2.24) is 20.1 Å². The fourth-order valence-corrected chi connectivity index (χ4v) is 5.17. The van der Waals surface area contributed by atoms with Gasteiger partial charge in [0.25, 0.3) is 5.91 Å². The van der Waals surface area contributed by atoms with Crippen LogP contribution >= 0.6 is 0 Å². The van der Waals surface area contributed by atoms with E-state index in [2.05, 4.69) is 41.2 Å². The van der Waals surface area contributed by atoms with Crippen molar-refractivity contribution in [2.24, 2.45) is 11.8 Å². The van der Waals surface area contributed by atoms with Gasteiger partial charge in [-0.05, 0) is 68.4 Å². The molecule has 1 aromatic heterocycles. The molecule has 4 rings (SSSR count). The predicted octanol–water partition coefficient (Wildman–Crippen LogP) is 3.92. The highest BCUT2D eigenvalue weighted by atomic mass is 16.2. The third kappa shape index (κ3) is 5.44. The summed E-state index contributed by atoms with van der Waals surface area (Å²) in [5.74, 6) is 0.743. The Balaban J connectivity index is 1.51. The Morgan fingerprint density at radius 2 is 1.76 bits per heavy atom. The van der Waals surface area contributed by atoms with Gasteiger partial charge in [0.2, 0.25) is 0 Å². The van der Waals surface area contributed by atoms with E-state index in [-0.39, 0.29) is 17.9 Å². The minimum Gasteiger partial charge on any atom is -0.322 e. The number of pyridine rings is 1. The summed E-state index contributed by atoms with van der Waals surface area (Å²) in [6.07, 6.45) is 5.88.